The Kier molecular flexibility index (Phi) is 8.10. The number of carboxylic acid groups (broad SMARTS) is 1. The van der Waals surface area contributed by atoms with Crippen LogP contribution in [0.4, 0.5) is 5.69 Å². The zero-order chi connectivity index (χ0) is 33.0. The van der Waals surface area contributed by atoms with Gasteiger partial charge in [-0.2, -0.15) is 0 Å². The van der Waals surface area contributed by atoms with Crippen LogP contribution in [0.1, 0.15) is 75.2 Å². The van der Waals surface area contributed by atoms with Crippen LogP contribution in [-0.2, 0) is 37.8 Å². The van der Waals surface area contributed by atoms with Crippen LogP contribution in [-0.4, -0.2) is 50.6 Å². The zero-order valence-electron chi connectivity index (χ0n) is 27.2. The van der Waals surface area contributed by atoms with Gasteiger partial charge in [-0.25, -0.2) is 4.98 Å². The number of hydrogen-bond acceptors (Lipinski definition) is 6. The highest BCUT2D eigenvalue weighted by molar-refractivity contribution is 6.36. The first-order chi connectivity index (χ1) is 22.5. The minimum Gasteiger partial charge on any atom is -0.485 e. The number of fused-ring (bicyclic) bond motifs is 2. The highest BCUT2D eigenvalue weighted by Gasteiger charge is 2.49. The zero-order valence-corrected chi connectivity index (χ0v) is 28.0. The molecule has 9 nitrogen and oxygen atoms in total. The Balaban J connectivity index is 1.10. The highest BCUT2D eigenvalue weighted by Crippen LogP contribution is 2.44. The molecule has 0 radical (unpaired) electrons. The number of carboxylic acids is 1. The van der Waals surface area contributed by atoms with E-state index >= 15 is 0 Å². The first-order valence-electron chi connectivity index (χ1n) is 16.2. The fourth-order valence-electron chi connectivity index (χ4n) is 7.04. The van der Waals surface area contributed by atoms with Crippen molar-refractivity contribution >= 4 is 29.2 Å². The molecular weight excluding hydrogens is 614 g/mol. The molecular formula is C37H40ClN5O4. The van der Waals surface area contributed by atoms with Gasteiger partial charge in [-0.3, -0.25) is 14.9 Å². The van der Waals surface area contributed by atoms with Gasteiger partial charge in [0.1, 0.15) is 17.4 Å². The molecule has 0 spiro atoms. The predicted octanol–water partition coefficient (Wildman–Crippen LogP) is 6.37. The molecule has 10 heteroatoms. The number of ether oxygens (including phenoxy) is 1. The Morgan fingerprint density at radius 3 is 2.60 bits per heavy atom. The second-order valence-corrected chi connectivity index (χ2v) is 13.7. The number of aromatic nitrogens is 2. The normalized spacial score (nSPS) is 18.0. The van der Waals surface area contributed by atoms with Gasteiger partial charge in [0.15, 0.2) is 5.82 Å². The summed E-state index contributed by atoms with van der Waals surface area (Å²) in [5, 5.41) is 16.3. The van der Waals surface area contributed by atoms with Crippen LogP contribution in [0, 0.1) is 13.8 Å². The predicted molar refractivity (Wildman–Crippen MR) is 182 cm³/mol. The van der Waals surface area contributed by atoms with Gasteiger partial charge in [-0.05, 0) is 92.1 Å². The number of anilines is 1. The molecule has 7 rings (SSSR count). The number of imidazole rings is 1. The largest absolute Gasteiger partial charge is 0.485 e. The number of amides is 1. The van der Waals surface area contributed by atoms with E-state index in [4.69, 9.17) is 16.3 Å². The van der Waals surface area contributed by atoms with Crippen LogP contribution in [0.5, 0.6) is 5.75 Å². The van der Waals surface area contributed by atoms with E-state index < -0.39 is 11.5 Å². The van der Waals surface area contributed by atoms with Crippen LogP contribution >= 0.6 is 11.6 Å². The summed E-state index contributed by atoms with van der Waals surface area (Å²) in [6, 6.07) is 16.1. The Hall–Kier alpha value is -4.18. The highest BCUT2D eigenvalue weighted by atomic mass is 35.5. The molecule has 1 unspecified atom stereocenters. The number of halogens is 1. The molecule has 1 fully saturated rings. The Labute approximate surface area is 279 Å². The molecule has 47 heavy (non-hydrogen) atoms. The molecule has 1 amide bonds. The van der Waals surface area contributed by atoms with Crippen molar-refractivity contribution in [2.75, 3.05) is 18.9 Å². The van der Waals surface area contributed by atoms with Crippen molar-refractivity contribution in [2.45, 2.75) is 70.7 Å². The van der Waals surface area contributed by atoms with Crippen molar-refractivity contribution in [1.29, 1.82) is 0 Å². The Morgan fingerprint density at radius 2 is 1.83 bits per heavy atom. The number of carbonyl (C=O) groups excluding carboxylic acids is 1. The number of aliphatic carboxylic acids is 1. The van der Waals surface area contributed by atoms with Gasteiger partial charge in [-0.1, -0.05) is 48.0 Å². The van der Waals surface area contributed by atoms with Crippen molar-refractivity contribution in [3.05, 3.63) is 98.6 Å². The smallest absolute Gasteiger partial charge is 0.323 e. The molecule has 4 aromatic rings. The van der Waals surface area contributed by atoms with Crippen molar-refractivity contribution in [1.82, 2.24) is 19.8 Å². The lowest BCUT2D eigenvalue weighted by Gasteiger charge is -2.21. The first-order valence-corrected chi connectivity index (χ1v) is 16.6. The number of rotatable bonds is 9. The van der Waals surface area contributed by atoms with E-state index in [0.29, 0.717) is 35.9 Å². The minimum atomic E-state index is -0.778. The van der Waals surface area contributed by atoms with Crippen LogP contribution in [0.15, 0.2) is 48.5 Å². The molecule has 244 valence electrons. The van der Waals surface area contributed by atoms with Crippen LogP contribution in [0.2, 0.25) is 5.02 Å². The molecule has 2 aliphatic carbocycles. The SMILES string of the molecule is Cc1cc(OC2CCc3c(-c4cccc(NC(=O)c5nc6c(n5C)CCN(C)C6)c4Cl)cccc32)c(C)cc1CNC1(C(=O)O)CC1. The average Bonchev–Trinajstić information content (AvgIpc) is 3.64. The number of likely N-dealkylation sites (N-methyl/N-ethyl adjacent to an activating group) is 1. The van der Waals surface area contributed by atoms with E-state index in [9.17, 15) is 14.7 Å². The lowest BCUT2D eigenvalue weighted by molar-refractivity contribution is -0.140. The monoisotopic (exact) mass is 653 g/mol. The van der Waals surface area contributed by atoms with Gasteiger partial charge in [0.05, 0.1) is 16.4 Å². The minimum absolute atomic E-state index is 0.107. The Bertz CT molecular complexity index is 1910. The second kappa shape index (κ2) is 12.1. The maximum absolute atomic E-state index is 13.4. The average molecular weight is 654 g/mol. The lowest BCUT2D eigenvalue weighted by Crippen LogP contribution is -2.38. The molecule has 3 aromatic carbocycles. The van der Waals surface area contributed by atoms with Crippen LogP contribution < -0.4 is 15.4 Å². The quantitative estimate of drug-likeness (QED) is 0.193. The summed E-state index contributed by atoms with van der Waals surface area (Å²) in [6.45, 7) is 6.25. The maximum atomic E-state index is 13.4. The van der Waals surface area contributed by atoms with Gasteiger partial charge < -0.3 is 24.6 Å². The maximum Gasteiger partial charge on any atom is 0.323 e. The number of nitrogens with zero attached hydrogens (tertiary/aromatic N) is 3. The summed E-state index contributed by atoms with van der Waals surface area (Å²) in [4.78, 5) is 31.9. The molecule has 3 aliphatic rings. The molecule has 3 N–H and O–H groups in total. The van der Waals surface area contributed by atoms with E-state index in [-0.39, 0.29) is 12.0 Å². The molecule has 1 saturated carbocycles. The van der Waals surface area contributed by atoms with Crippen molar-refractivity contribution < 1.29 is 19.4 Å². The van der Waals surface area contributed by atoms with Gasteiger partial charge in [0.25, 0.3) is 5.91 Å². The summed E-state index contributed by atoms with van der Waals surface area (Å²) >= 11 is 7.01. The van der Waals surface area contributed by atoms with Crippen molar-refractivity contribution in [3.63, 3.8) is 0 Å². The summed E-state index contributed by atoms with van der Waals surface area (Å²) in [5.74, 6) is 0.157. The third kappa shape index (κ3) is 5.81. The molecule has 1 aromatic heterocycles. The fraction of sp³-hybridized carbons (Fsp3) is 0.378. The standard InChI is InChI=1S/C37H40ClN5O4/c1-21-18-32(22(2)17-23(21)19-39-37(14-15-37)36(45)46)47-31-12-11-25-24(7-5-8-26(25)31)27-9-6-10-28(33(27)38)41-35(44)34-40-29-20-42(3)16-13-30(29)43(34)4/h5-10,17-18,31,39H,11-16,19-20H2,1-4H3,(H,41,44)(H,45,46). The third-order valence-corrected chi connectivity index (χ3v) is 10.5. The number of aryl methyl sites for hydroxylation is 2. The van der Waals surface area contributed by atoms with Gasteiger partial charge >= 0.3 is 5.97 Å². The molecule has 0 bridgehead atoms. The summed E-state index contributed by atoms with van der Waals surface area (Å²) in [7, 11) is 3.96. The van der Waals surface area contributed by atoms with Crippen LogP contribution in [0.3, 0.4) is 0 Å². The molecule has 1 atom stereocenters. The molecule has 0 saturated heterocycles. The lowest BCUT2D eigenvalue weighted by atomic mass is 9.96. The van der Waals surface area contributed by atoms with Gasteiger partial charge in [0, 0.05) is 44.4 Å². The van der Waals surface area contributed by atoms with Gasteiger partial charge in [0.2, 0.25) is 0 Å². The third-order valence-electron chi connectivity index (χ3n) is 10.1. The van der Waals surface area contributed by atoms with Gasteiger partial charge in [-0.15, -0.1) is 0 Å². The topological polar surface area (TPSA) is 109 Å². The number of hydrogen-bond donors (Lipinski definition) is 3. The van der Waals surface area contributed by atoms with E-state index in [1.54, 1.807) is 0 Å². The fourth-order valence-corrected chi connectivity index (χ4v) is 7.32. The number of carbonyl (C=O) groups is 2. The van der Waals surface area contributed by atoms with Crippen LogP contribution in [0.25, 0.3) is 11.1 Å². The summed E-state index contributed by atoms with van der Waals surface area (Å²) in [5.41, 5.74) is 9.21. The number of benzene rings is 3. The van der Waals surface area contributed by atoms with Crippen molar-refractivity contribution in [2.24, 2.45) is 7.05 Å². The second-order valence-electron chi connectivity index (χ2n) is 13.3. The van der Waals surface area contributed by atoms with E-state index in [1.807, 2.05) is 49.7 Å². The molecule has 2 heterocycles. The summed E-state index contributed by atoms with van der Waals surface area (Å²) in [6.07, 6.45) is 3.76. The summed E-state index contributed by atoms with van der Waals surface area (Å²) < 4.78 is 8.55. The first kappa shape index (κ1) is 31.4. The van der Waals surface area contributed by atoms with E-state index in [1.165, 1.54) is 5.56 Å². The van der Waals surface area contributed by atoms with Crippen molar-refractivity contribution in [3.8, 4) is 16.9 Å². The number of nitrogens with one attached hydrogen (secondary N) is 2. The Morgan fingerprint density at radius 1 is 1.06 bits per heavy atom. The van der Waals surface area contributed by atoms with E-state index in [2.05, 4.69) is 51.8 Å². The van der Waals surface area contributed by atoms with E-state index in [0.717, 1.165) is 82.9 Å². The molecule has 1 aliphatic heterocycles.